The largest absolute Gasteiger partial charge is 0.446 e. The number of rotatable bonds is 5. The number of ether oxygens (including phenoxy) is 2. The van der Waals surface area contributed by atoms with Crippen LogP contribution in [0.5, 0.6) is 0 Å². The van der Waals surface area contributed by atoms with Crippen LogP contribution in [0.3, 0.4) is 0 Å². The molecule has 1 aliphatic carbocycles. The molecule has 1 aromatic carbocycles. The minimum absolute atomic E-state index is 0.0223. The number of aryl methyl sites for hydroxylation is 1. The van der Waals surface area contributed by atoms with Gasteiger partial charge < -0.3 is 24.3 Å². The van der Waals surface area contributed by atoms with Crippen molar-refractivity contribution >= 4 is 23.8 Å². The Balaban J connectivity index is 1.48. The minimum Gasteiger partial charge on any atom is -0.446 e. The minimum atomic E-state index is -0.910. The average Bonchev–Trinajstić information content (AvgIpc) is 3.27. The first kappa shape index (κ1) is 27.5. The van der Waals surface area contributed by atoms with Gasteiger partial charge in [-0.2, -0.15) is 0 Å². The van der Waals surface area contributed by atoms with Crippen LogP contribution in [0.15, 0.2) is 36.8 Å². The number of benzene rings is 1. The van der Waals surface area contributed by atoms with Gasteiger partial charge in [-0.3, -0.25) is 9.69 Å². The first-order valence-electron chi connectivity index (χ1n) is 13.4. The molecule has 1 unspecified atom stereocenters. The normalized spacial score (nSPS) is 18.7. The molecule has 2 fully saturated rings. The zero-order valence-corrected chi connectivity index (χ0v) is 22.8. The van der Waals surface area contributed by atoms with Crippen LogP contribution in [0.4, 0.5) is 15.3 Å². The maximum absolute atomic E-state index is 13.5. The number of carbonyl (C=O) groups is 3. The van der Waals surface area contributed by atoms with E-state index in [1.165, 1.54) is 9.80 Å². The maximum atomic E-state index is 13.5. The number of amides is 3. The molecule has 4 rings (SSSR count). The summed E-state index contributed by atoms with van der Waals surface area (Å²) in [5.74, 6) is -0.380. The van der Waals surface area contributed by atoms with Crippen LogP contribution in [0.1, 0.15) is 64.1 Å². The Morgan fingerprint density at radius 1 is 1.08 bits per heavy atom. The summed E-state index contributed by atoms with van der Waals surface area (Å²) in [5.41, 5.74) is 1.87. The number of hydrogen-bond donors (Lipinski definition) is 1. The van der Waals surface area contributed by atoms with Crippen LogP contribution in [0, 0.1) is 6.92 Å². The molecule has 3 amide bonds. The van der Waals surface area contributed by atoms with Gasteiger partial charge in [0.05, 0.1) is 18.6 Å². The molecule has 1 saturated heterocycles. The van der Waals surface area contributed by atoms with E-state index in [4.69, 9.17) is 9.47 Å². The number of piperazine rings is 1. The first-order valence-corrected chi connectivity index (χ1v) is 13.4. The molecule has 10 nitrogen and oxygen atoms in total. The van der Waals surface area contributed by atoms with Crippen LogP contribution in [-0.2, 0) is 20.8 Å². The summed E-state index contributed by atoms with van der Waals surface area (Å²) in [5, 5.41) is 2.95. The van der Waals surface area contributed by atoms with Crippen molar-refractivity contribution in [2.45, 2.75) is 84.1 Å². The zero-order valence-electron chi connectivity index (χ0n) is 22.8. The van der Waals surface area contributed by atoms with Gasteiger partial charge in [-0.1, -0.05) is 18.6 Å². The van der Waals surface area contributed by atoms with Crippen molar-refractivity contribution in [2.75, 3.05) is 25.0 Å². The smallest absolute Gasteiger partial charge is 0.410 e. The molecule has 0 spiro atoms. The highest BCUT2D eigenvalue weighted by atomic mass is 16.6. The highest BCUT2D eigenvalue weighted by molar-refractivity contribution is 5.97. The van der Waals surface area contributed by atoms with E-state index in [-0.39, 0.29) is 31.6 Å². The molecule has 1 aliphatic heterocycles. The number of imidazole rings is 1. The summed E-state index contributed by atoms with van der Waals surface area (Å²) in [6, 6.07) is 6.64. The molecule has 0 radical (unpaired) electrons. The zero-order chi connectivity index (χ0) is 27.3. The van der Waals surface area contributed by atoms with Gasteiger partial charge in [0.2, 0.25) is 5.91 Å². The molecule has 2 aromatic rings. The lowest BCUT2D eigenvalue weighted by Gasteiger charge is -2.40. The summed E-state index contributed by atoms with van der Waals surface area (Å²) in [6.45, 7) is 8.40. The lowest BCUT2D eigenvalue weighted by Crippen LogP contribution is -2.61. The van der Waals surface area contributed by atoms with Gasteiger partial charge in [-0.25, -0.2) is 14.6 Å². The van der Waals surface area contributed by atoms with Gasteiger partial charge in [0, 0.05) is 31.5 Å². The van der Waals surface area contributed by atoms with E-state index in [0.29, 0.717) is 12.2 Å². The second-order valence-electron chi connectivity index (χ2n) is 11.2. The standard InChI is InChI=1S/C28H39N5O5/c1-20-16-31(19-29-20)17-21-9-8-10-22(15-21)30-25(34)24-18-32(26(35)38-28(2,3)4)13-14-33(24)27(36)37-23-11-6-5-7-12-23/h8-10,15-16,19,23-24H,5-7,11-14,17-18H2,1-4H3,(H,30,34). The number of nitrogens with zero attached hydrogens (tertiary/aromatic N) is 4. The summed E-state index contributed by atoms with van der Waals surface area (Å²) < 4.78 is 13.3. The fourth-order valence-electron chi connectivity index (χ4n) is 4.85. The van der Waals surface area contributed by atoms with Gasteiger partial charge in [0.25, 0.3) is 0 Å². The fraction of sp³-hybridized carbons (Fsp3) is 0.571. The topological polar surface area (TPSA) is 106 Å². The third-order valence-electron chi connectivity index (χ3n) is 6.71. The van der Waals surface area contributed by atoms with Gasteiger partial charge in [0.1, 0.15) is 17.7 Å². The lowest BCUT2D eigenvalue weighted by molar-refractivity contribution is -0.123. The number of aromatic nitrogens is 2. The number of hydrogen-bond acceptors (Lipinski definition) is 6. The third-order valence-corrected chi connectivity index (χ3v) is 6.71. The summed E-state index contributed by atoms with van der Waals surface area (Å²) in [4.78, 5) is 46.7. The lowest BCUT2D eigenvalue weighted by atomic mass is 9.98. The molecular weight excluding hydrogens is 486 g/mol. The highest BCUT2D eigenvalue weighted by Crippen LogP contribution is 2.23. The molecule has 38 heavy (non-hydrogen) atoms. The van der Waals surface area contributed by atoms with Crippen LogP contribution < -0.4 is 5.32 Å². The van der Waals surface area contributed by atoms with Crippen LogP contribution in [0.2, 0.25) is 0 Å². The third kappa shape index (κ3) is 7.49. The average molecular weight is 526 g/mol. The fourth-order valence-corrected chi connectivity index (χ4v) is 4.85. The van der Waals surface area contributed by atoms with Gasteiger partial charge in [-0.15, -0.1) is 0 Å². The maximum Gasteiger partial charge on any atom is 0.410 e. The van der Waals surface area contributed by atoms with Crippen LogP contribution in [0.25, 0.3) is 0 Å². The SMILES string of the molecule is Cc1cn(Cc2cccc(NC(=O)C3CN(C(=O)OC(C)(C)C)CCN3C(=O)OC3CCCCC3)c2)cn1. The van der Waals surface area contributed by atoms with Crippen molar-refractivity contribution in [3.8, 4) is 0 Å². The molecule has 1 N–H and O–H groups in total. The van der Waals surface area contributed by atoms with E-state index in [1.807, 2.05) is 35.9 Å². The Kier molecular flexibility index (Phi) is 8.58. The molecular formula is C28H39N5O5. The Morgan fingerprint density at radius 3 is 2.53 bits per heavy atom. The summed E-state index contributed by atoms with van der Waals surface area (Å²) >= 11 is 0. The Bertz CT molecular complexity index is 1130. The van der Waals surface area contributed by atoms with Gasteiger partial charge in [0.15, 0.2) is 0 Å². The second-order valence-corrected chi connectivity index (χ2v) is 11.2. The highest BCUT2D eigenvalue weighted by Gasteiger charge is 2.40. The molecule has 1 aromatic heterocycles. The van der Waals surface area contributed by atoms with Crippen molar-refractivity contribution in [1.82, 2.24) is 19.4 Å². The molecule has 2 heterocycles. The molecule has 1 atom stereocenters. The van der Waals surface area contributed by atoms with E-state index in [1.54, 1.807) is 33.2 Å². The van der Waals surface area contributed by atoms with E-state index in [0.717, 1.165) is 43.4 Å². The summed E-state index contributed by atoms with van der Waals surface area (Å²) in [7, 11) is 0. The quantitative estimate of drug-likeness (QED) is 0.613. The van der Waals surface area contributed by atoms with Crippen molar-refractivity contribution < 1.29 is 23.9 Å². The number of anilines is 1. The molecule has 0 bridgehead atoms. The molecule has 206 valence electrons. The predicted molar refractivity (Wildman–Crippen MR) is 143 cm³/mol. The Labute approximate surface area is 224 Å². The van der Waals surface area contributed by atoms with Crippen molar-refractivity contribution in [1.29, 1.82) is 0 Å². The Morgan fingerprint density at radius 2 is 1.84 bits per heavy atom. The van der Waals surface area contributed by atoms with E-state index >= 15 is 0 Å². The van der Waals surface area contributed by atoms with Crippen LogP contribution >= 0.6 is 0 Å². The van der Waals surface area contributed by atoms with E-state index < -0.39 is 23.8 Å². The van der Waals surface area contributed by atoms with E-state index in [2.05, 4.69) is 10.3 Å². The van der Waals surface area contributed by atoms with Gasteiger partial charge in [-0.05, 0) is 71.1 Å². The predicted octanol–water partition coefficient (Wildman–Crippen LogP) is 4.57. The van der Waals surface area contributed by atoms with Gasteiger partial charge >= 0.3 is 12.2 Å². The van der Waals surface area contributed by atoms with Crippen molar-refractivity contribution in [2.24, 2.45) is 0 Å². The van der Waals surface area contributed by atoms with Crippen molar-refractivity contribution in [3.63, 3.8) is 0 Å². The van der Waals surface area contributed by atoms with Crippen molar-refractivity contribution in [3.05, 3.63) is 48.0 Å². The van der Waals surface area contributed by atoms with E-state index in [9.17, 15) is 14.4 Å². The first-order chi connectivity index (χ1) is 18.1. The monoisotopic (exact) mass is 525 g/mol. The molecule has 2 aliphatic rings. The number of nitrogens with one attached hydrogen (secondary N) is 1. The number of carbonyl (C=O) groups excluding carboxylic acids is 3. The Hall–Kier alpha value is -3.56. The second kappa shape index (κ2) is 11.9. The van der Waals surface area contributed by atoms with Crippen LogP contribution in [-0.4, -0.2) is 74.8 Å². The molecule has 1 saturated carbocycles. The molecule has 10 heteroatoms. The summed E-state index contributed by atoms with van der Waals surface area (Å²) in [6.07, 6.45) is 7.45.